The first kappa shape index (κ1) is 36.5. The van der Waals surface area contributed by atoms with Crippen LogP contribution in [0.3, 0.4) is 0 Å². The van der Waals surface area contributed by atoms with Crippen LogP contribution in [0.15, 0.2) is 101 Å². The Morgan fingerprint density at radius 1 is 0.824 bits per heavy atom. The summed E-state index contributed by atoms with van der Waals surface area (Å²) in [7, 11) is -0.641. The number of allylic oxidation sites excluding steroid dienone is 8. The Morgan fingerprint density at radius 3 is 2.14 bits per heavy atom. The van der Waals surface area contributed by atoms with Crippen LogP contribution in [-0.2, 0) is 0 Å². The molecule has 0 saturated heterocycles. The van der Waals surface area contributed by atoms with E-state index in [1.54, 1.807) is 22.3 Å². The van der Waals surface area contributed by atoms with Crippen LogP contribution >= 0.6 is 0 Å². The smallest absolute Gasteiger partial charge is 0.131 e. The quantitative estimate of drug-likeness (QED) is 0.197. The molecule has 5 aliphatic rings. The normalized spacial score (nSPS) is 28.3. The highest BCUT2D eigenvalue weighted by atomic mass is 28.3. The molecule has 0 amide bonds. The number of rotatable bonds is 8. The van der Waals surface area contributed by atoms with E-state index in [1.165, 1.54) is 60.0 Å². The minimum Gasteiger partial charge on any atom is -0.489 e. The van der Waals surface area contributed by atoms with Crippen molar-refractivity contribution in [1.82, 2.24) is 0 Å². The third-order valence-corrected chi connectivity index (χ3v) is 17.1. The maximum Gasteiger partial charge on any atom is 0.131 e. The molecule has 7 rings (SSSR count). The average Bonchev–Trinajstić information content (AvgIpc) is 3.39. The van der Waals surface area contributed by atoms with Gasteiger partial charge in [-0.15, -0.1) is 0 Å². The van der Waals surface area contributed by atoms with Gasteiger partial charge in [-0.3, -0.25) is 0 Å². The van der Waals surface area contributed by atoms with Gasteiger partial charge in [-0.2, -0.15) is 0 Å². The van der Waals surface area contributed by atoms with Crippen molar-refractivity contribution in [2.75, 3.05) is 6.61 Å². The van der Waals surface area contributed by atoms with Gasteiger partial charge in [0.1, 0.15) is 12.4 Å². The summed E-state index contributed by atoms with van der Waals surface area (Å²) >= 11 is 0. The lowest BCUT2D eigenvalue weighted by molar-refractivity contribution is 0.185. The number of hydrogen-bond acceptors (Lipinski definition) is 1. The maximum atomic E-state index is 6.87. The summed E-state index contributed by atoms with van der Waals surface area (Å²) in [5.74, 6) is 2.60. The summed E-state index contributed by atoms with van der Waals surface area (Å²) < 4.78 is 6.87. The van der Waals surface area contributed by atoms with Gasteiger partial charge in [-0.1, -0.05) is 154 Å². The van der Waals surface area contributed by atoms with Crippen LogP contribution in [0.25, 0.3) is 11.1 Å². The second kappa shape index (κ2) is 12.9. The van der Waals surface area contributed by atoms with Crippen molar-refractivity contribution in [3.8, 4) is 16.9 Å². The van der Waals surface area contributed by atoms with Gasteiger partial charge in [0.05, 0.1) is 8.80 Å². The number of benzene rings is 2. The predicted molar refractivity (Wildman–Crippen MR) is 221 cm³/mol. The standard InChI is InChI=1S/C49H65OSi/c1-13-25-50-44-34(32-19-17-16-18-20-32)26-31(4)27-35(44)37-29-47(7,8)30-38-39(37)41-40(45(38)51(14-2)15-3)36-28-46(5,6)22-21-33(36)42-43(41)49(11,12)24-23-48(42,9)10/h13,16-20,23-24,26-27,36-37,40,45H,1,14-15,21-22,25,28-30H2,2-12H3. The molecule has 5 aliphatic carbocycles. The molecule has 0 bridgehead atoms. The first-order chi connectivity index (χ1) is 24.0. The summed E-state index contributed by atoms with van der Waals surface area (Å²) in [6.45, 7) is 32.3. The van der Waals surface area contributed by atoms with Gasteiger partial charge in [0.2, 0.25) is 0 Å². The Bertz CT molecular complexity index is 1840. The van der Waals surface area contributed by atoms with E-state index in [-0.39, 0.29) is 16.2 Å². The molecule has 51 heavy (non-hydrogen) atoms. The third-order valence-electron chi connectivity index (χ3n) is 13.7. The number of hydrogen-bond donors (Lipinski definition) is 0. The van der Waals surface area contributed by atoms with E-state index in [0.717, 1.165) is 12.2 Å². The van der Waals surface area contributed by atoms with Crippen LogP contribution in [0.5, 0.6) is 5.75 Å². The molecule has 2 aromatic rings. The lowest BCUT2D eigenvalue weighted by atomic mass is 9.52. The van der Waals surface area contributed by atoms with E-state index < -0.39 is 8.80 Å². The molecule has 4 atom stereocenters. The van der Waals surface area contributed by atoms with Crippen molar-refractivity contribution in [2.45, 2.75) is 132 Å². The van der Waals surface area contributed by atoms with Crippen LogP contribution in [-0.4, -0.2) is 15.4 Å². The summed E-state index contributed by atoms with van der Waals surface area (Å²) in [5.41, 5.74) is 17.1. The van der Waals surface area contributed by atoms with Crippen molar-refractivity contribution < 1.29 is 4.74 Å². The van der Waals surface area contributed by atoms with Gasteiger partial charge < -0.3 is 4.74 Å². The molecule has 1 saturated carbocycles. The van der Waals surface area contributed by atoms with Crippen molar-refractivity contribution in [3.05, 3.63) is 112 Å². The Kier molecular flexibility index (Phi) is 9.26. The molecule has 271 valence electrons. The highest BCUT2D eigenvalue weighted by Gasteiger charge is 2.58. The Labute approximate surface area is 313 Å². The molecule has 4 unspecified atom stereocenters. The molecule has 2 heteroatoms. The fourth-order valence-electron chi connectivity index (χ4n) is 11.6. The Balaban J connectivity index is 1.59. The van der Waals surface area contributed by atoms with Crippen LogP contribution in [0.1, 0.15) is 118 Å². The number of aryl methyl sites for hydroxylation is 1. The third kappa shape index (κ3) is 6.14. The fourth-order valence-corrected chi connectivity index (χ4v) is 14.6. The SMILES string of the molecule is C=CCOc1c(-c2ccccc2)cc(C)cc1C1CC(C)(C)CC2=C1C1=C3C(=C4CCC(C)(C)CC4C1C2[Si](CC)CC)C(C)(C)C=CC3(C)C. The fraction of sp³-hybridized carbons (Fsp3) is 0.551. The minimum absolute atomic E-state index is 0.0107. The lowest BCUT2D eigenvalue weighted by Crippen LogP contribution is -2.42. The maximum absolute atomic E-state index is 6.87. The zero-order valence-corrected chi connectivity index (χ0v) is 34.9. The topological polar surface area (TPSA) is 9.23 Å². The van der Waals surface area contributed by atoms with Crippen LogP contribution in [0.4, 0.5) is 0 Å². The lowest BCUT2D eigenvalue weighted by Gasteiger charge is -2.53. The van der Waals surface area contributed by atoms with Gasteiger partial charge in [0.15, 0.2) is 0 Å². The van der Waals surface area contributed by atoms with Crippen molar-refractivity contribution in [2.24, 2.45) is 33.5 Å². The van der Waals surface area contributed by atoms with Gasteiger partial charge in [0.25, 0.3) is 0 Å². The van der Waals surface area contributed by atoms with Crippen LogP contribution in [0, 0.1) is 40.4 Å². The molecule has 0 spiro atoms. The van der Waals surface area contributed by atoms with E-state index in [4.69, 9.17) is 4.74 Å². The zero-order chi connectivity index (χ0) is 36.7. The van der Waals surface area contributed by atoms with E-state index in [0.29, 0.717) is 35.3 Å². The van der Waals surface area contributed by atoms with E-state index >= 15 is 0 Å². The highest BCUT2D eigenvalue weighted by molar-refractivity contribution is 6.61. The highest BCUT2D eigenvalue weighted by Crippen LogP contribution is 2.71. The molecule has 0 heterocycles. The van der Waals surface area contributed by atoms with E-state index in [2.05, 4.69) is 137 Å². The van der Waals surface area contributed by atoms with Gasteiger partial charge in [-0.05, 0) is 107 Å². The number of fused-ring (bicyclic) bond motifs is 5. The second-order valence-electron chi connectivity index (χ2n) is 19.5. The van der Waals surface area contributed by atoms with Crippen molar-refractivity contribution >= 4 is 8.80 Å². The second-order valence-corrected chi connectivity index (χ2v) is 22.9. The van der Waals surface area contributed by atoms with Gasteiger partial charge in [-0.25, -0.2) is 0 Å². The molecule has 0 aromatic heterocycles. The molecular formula is C49H65OSi. The first-order valence-electron chi connectivity index (χ1n) is 20.2. The molecule has 1 radical (unpaired) electrons. The molecule has 1 fully saturated rings. The van der Waals surface area contributed by atoms with Gasteiger partial charge in [0, 0.05) is 27.9 Å². The van der Waals surface area contributed by atoms with Crippen LogP contribution < -0.4 is 4.74 Å². The summed E-state index contributed by atoms with van der Waals surface area (Å²) in [5, 5.41) is 0. The number of ether oxygens (including phenoxy) is 1. The van der Waals surface area contributed by atoms with Crippen LogP contribution in [0.2, 0.25) is 17.6 Å². The van der Waals surface area contributed by atoms with Crippen molar-refractivity contribution in [1.29, 1.82) is 0 Å². The van der Waals surface area contributed by atoms with E-state index in [1.807, 2.05) is 17.2 Å². The zero-order valence-electron chi connectivity index (χ0n) is 33.9. The minimum atomic E-state index is -0.641. The van der Waals surface area contributed by atoms with Crippen molar-refractivity contribution in [3.63, 3.8) is 0 Å². The van der Waals surface area contributed by atoms with Gasteiger partial charge >= 0.3 is 0 Å². The molecule has 0 N–H and O–H groups in total. The molecular weight excluding hydrogens is 633 g/mol. The summed E-state index contributed by atoms with van der Waals surface area (Å²) in [6.07, 6.45) is 13.3. The molecule has 1 nitrogen and oxygen atoms in total. The largest absolute Gasteiger partial charge is 0.489 e. The Morgan fingerprint density at radius 2 is 1.49 bits per heavy atom. The summed E-state index contributed by atoms with van der Waals surface area (Å²) in [4.78, 5) is 0. The molecule has 2 aromatic carbocycles. The van der Waals surface area contributed by atoms with E-state index in [9.17, 15) is 0 Å². The predicted octanol–water partition coefficient (Wildman–Crippen LogP) is 14.0. The molecule has 0 aliphatic heterocycles. The average molecular weight is 698 g/mol. The Hall–Kier alpha value is -2.84. The monoisotopic (exact) mass is 697 g/mol. The first-order valence-corrected chi connectivity index (χ1v) is 22.2. The summed E-state index contributed by atoms with van der Waals surface area (Å²) in [6, 6.07) is 18.5.